The van der Waals surface area contributed by atoms with Gasteiger partial charge in [-0.3, -0.25) is 4.79 Å². The highest BCUT2D eigenvalue weighted by atomic mass is 16.5. The van der Waals surface area contributed by atoms with Crippen LogP contribution in [-0.4, -0.2) is 25.0 Å². The Balaban J connectivity index is 3.60. The first-order chi connectivity index (χ1) is 9.15. The van der Waals surface area contributed by atoms with Gasteiger partial charge < -0.3 is 10.1 Å². The second-order valence-corrected chi connectivity index (χ2v) is 4.92. The number of carbonyl (C=O) groups excluding carboxylic acids is 2. The lowest BCUT2D eigenvalue weighted by Gasteiger charge is -2.14. The molecule has 4 nitrogen and oxygen atoms in total. The molecule has 0 radical (unpaired) electrons. The maximum atomic E-state index is 11.6. The number of rotatable bonds is 11. The van der Waals surface area contributed by atoms with Crippen molar-refractivity contribution in [2.75, 3.05) is 7.11 Å². The normalized spacial score (nSPS) is 11.9. The minimum absolute atomic E-state index is 0.0502. The fourth-order valence-corrected chi connectivity index (χ4v) is 1.98. The fourth-order valence-electron chi connectivity index (χ4n) is 1.98. The summed E-state index contributed by atoms with van der Waals surface area (Å²) in [5, 5.41) is 2.72. The standard InChI is InChI=1S/C15H29NO3/c1-4-6-7-8-9-10-11-12-14(17)16-13(5-2)15(18)19-3/h13H,4-12H2,1-3H3,(H,16,17). The molecule has 0 fully saturated rings. The quantitative estimate of drug-likeness (QED) is 0.464. The van der Waals surface area contributed by atoms with Crippen LogP contribution in [0.1, 0.15) is 71.6 Å². The number of unbranched alkanes of at least 4 members (excludes halogenated alkanes) is 6. The summed E-state index contributed by atoms with van der Waals surface area (Å²) in [6.07, 6.45) is 9.37. The van der Waals surface area contributed by atoms with Gasteiger partial charge in [-0.25, -0.2) is 4.79 Å². The zero-order valence-electron chi connectivity index (χ0n) is 12.7. The molecule has 0 saturated carbocycles. The van der Waals surface area contributed by atoms with E-state index in [1.807, 2.05) is 6.92 Å². The zero-order chi connectivity index (χ0) is 14.5. The molecule has 19 heavy (non-hydrogen) atoms. The molecule has 112 valence electrons. The van der Waals surface area contributed by atoms with Crippen LogP contribution < -0.4 is 5.32 Å². The summed E-state index contributed by atoms with van der Waals surface area (Å²) < 4.78 is 4.63. The summed E-state index contributed by atoms with van der Waals surface area (Å²) in [7, 11) is 1.34. The molecule has 0 aromatic carbocycles. The first-order valence-corrected chi connectivity index (χ1v) is 7.52. The van der Waals surface area contributed by atoms with Crippen molar-refractivity contribution < 1.29 is 14.3 Å². The highest BCUT2D eigenvalue weighted by Gasteiger charge is 2.18. The van der Waals surface area contributed by atoms with E-state index >= 15 is 0 Å². The van der Waals surface area contributed by atoms with E-state index in [4.69, 9.17) is 0 Å². The maximum absolute atomic E-state index is 11.6. The summed E-state index contributed by atoms with van der Waals surface area (Å²) in [6.45, 7) is 4.06. The number of carbonyl (C=O) groups is 2. The van der Waals surface area contributed by atoms with Crippen LogP contribution in [0.4, 0.5) is 0 Å². The monoisotopic (exact) mass is 271 g/mol. The van der Waals surface area contributed by atoms with Crippen molar-refractivity contribution in [3.63, 3.8) is 0 Å². The molecule has 0 aliphatic carbocycles. The van der Waals surface area contributed by atoms with Gasteiger partial charge in [0.15, 0.2) is 0 Å². The molecule has 0 aromatic rings. The predicted octanol–water partition coefficient (Wildman–Crippen LogP) is 3.19. The molecule has 0 heterocycles. The van der Waals surface area contributed by atoms with Gasteiger partial charge in [0.1, 0.15) is 6.04 Å². The van der Waals surface area contributed by atoms with Crippen molar-refractivity contribution in [1.29, 1.82) is 0 Å². The number of hydrogen-bond donors (Lipinski definition) is 1. The van der Waals surface area contributed by atoms with E-state index in [0.29, 0.717) is 12.8 Å². The third-order valence-corrected chi connectivity index (χ3v) is 3.24. The van der Waals surface area contributed by atoms with Crippen molar-refractivity contribution in [2.24, 2.45) is 0 Å². The SMILES string of the molecule is CCCCCCCCCC(=O)NC(CC)C(=O)OC. The van der Waals surface area contributed by atoms with Crippen molar-refractivity contribution in [1.82, 2.24) is 5.32 Å². The molecule has 1 N–H and O–H groups in total. The largest absolute Gasteiger partial charge is 0.467 e. The first kappa shape index (κ1) is 17.9. The summed E-state index contributed by atoms with van der Waals surface area (Å²) in [6, 6.07) is -0.498. The molecule has 0 saturated heterocycles. The minimum atomic E-state index is -0.498. The summed E-state index contributed by atoms with van der Waals surface area (Å²) in [4.78, 5) is 23.0. The van der Waals surface area contributed by atoms with E-state index < -0.39 is 6.04 Å². The van der Waals surface area contributed by atoms with Crippen LogP contribution >= 0.6 is 0 Å². The van der Waals surface area contributed by atoms with Crippen molar-refractivity contribution >= 4 is 11.9 Å². The smallest absolute Gasteiger partial charge is 0.328 e. The number of esters is 1. The van der Waals surface area contributed by atoms with E-state index in [1.165, 1.54) is 39.2 Å². The van der Waals surface area contributed by atoms with Crippen LogP contribution in [0.15, 0.2) is 0 Å². The van der Waals surface area contributed by atoms with E-state index in [2.05, 4.69) is 17.0 Å². The third-order valence-electron chi connectivity index (χ3n) is 3.24. The fraction of sp³-hybridized carbons (Fsp3) is 0.867. The number of amides is 1. The van der Waals surface area contributed by atoms with E-state index in [1.54, 1.807) is 0 Å². The van der Waals surface area contributed by atoms with E-state index in [9.17, 15) is 9.59 Å². The molecule has 0 rings (SSSR count). The number of methoxy groups -OCH3 is 1. The summed E-state index contributed by atoms with van der Waals surface area (Å²) in [5.41, 5.74) is 0. The number of ether oxygens (including phenoxy) is 1. The topological polar surface area (TPSA) is 55.4 Å². The molecular formula is C15H29NO3. The average molecular weight is 271 g/mol. The van der Waals surface area contributed by atoms with Crippen LogP contribution in [-0.2, 0) is 14.3 Å². The van der Waals surface area contributed by atoms with E-state index in [0.717, 1.165) is 12.8 Å². The molecule has 0 spiro atoms. The van der Waals surface area contributed by atoms with Crippen molar-refractivity contribution in [3.8, 4) is 0 Å². The molecule has 0 bridgehead atoms. The van der Waals surface area contributed by atoms with E-state index in [-0.39, 0.29) is 11.9 Å². The van der Waals surface area contributed by atoms with Crippen LogP contribution in [0.3, 0.4) is 0 Å². The highest BCUT2D eigenvalue weighted by molar-refractivity contribution is 5.84. The van der Waals surface area contributed by atoms with Gasteiger partial charge in [-0.1, -0.05) is 52.4 Å². The number of nitrogens with one attached hydrogen (secondary N) is 1. The molecule has 0 aromatic heterocycles. The van der Waals surface area contributed by atoms with Gasteiger partial charge in [0.2, 0.25) is 5.91 Å². The Morgan fingerprint density at radius 3 is 2.11 bits per heavy atom. The van der Waals surface area contributed by atoms with Crippen molar-refractivity contribution in [2.45, 2.75) is 77.7 Å². The Kier molecular flexibility index (Phi) is 11.3. The maximum Gasteiger partial charge on any atom is 0.328 e. The minimum Gasteiger partial charge on any atom is -0.467 e. The zero-order valence-corrected chi connectivity index (χ0v) is 12.7. The van der Waals surface area contributed by atoms with Gasteiger partial charge in [0, 0.05) is 6.42 Å². The molecule has 1 amide bonds. The summed E-state index contributed by atoms with van der Waals surface area (Å²) >= 11 is 0. The lowest BCUT2D eigenvalue weighted by atomic mass is 10.1. The third kappa shape index (κ3) is 9.51. The second kappa shape index (κ2) is 12.0. The molecule has 0 aliphatic rings. The Morgan fingerprint density at radius 1 is 1.00 bits per heavy atom. The first-order valence-electron chi connectivity index (χ1n) is 7.52. The second-order valence-electron chi connectivity index (χ2n) is 4.92. The lowest BCUT2D eigenvalue weighted by Crippen LogP contribution is -2.40. The van der Waals surface area contributed by atoms with Crippen LogP contribution in [0.5, 0.6) is 0 Å². The highest BCUT2D eigenvalue weighted by Crippen LogP contribution is 2.08. The van der Waals surface area contributed by atoms with Crippen LogP contribution in [0.25, 0.3) is 0 Å². The van der Waals surface area contributed by atoms with Gasteiger partial charge in [0.25, 0.3) is 0 Å². The van der Waals surface area contributed by atoms with Crippen molar-refractivity contribution in [3.05, 3.63) is 0 Å². The summed E-state index contributed by atoms with van der Waals surface area (Å²) in [5.74, 6) is -0.416. The Hall–Kier alpha value is -1.06. The predicted molar refractivity (Wildman–Crippen MR) is 76.8 cm³/mol. The lowest BCUT2D eigenvalue weighted by molar-refractivity contribution is -0.145. The van der Waals surface area contributed by atoms with Gasteiger partial charge in [-0.05, 0) is 12.8 Å². The van der Waals surface area contributed by atoms with Gasteiger partial charge >= 0.3 is 5.97 Å². The molecule has 1 atom stereocenters. The average Bonchev–Trinajstić information content (AvgIpc) is 2.42. The van der Waals surface area contributed by atoms with Gasteiger partial charge in [0.05, 0.1) is 7.11 Å². The Labute approximate surface area is 117 Å². The molecule has 0 aliphatic heterocycles. The molecule has 1 unspecified atom stereocenters. The Morgan fingerprint density at radius 2 is 1.58 bits per heavy atom. The van der Waals surface area contributed by atoms with Gasteiger partial charge in [-0.2, -0.15) is 0 Å². The van der Waals surface area contributed by atoms with Crippen LogP contribution in [0.2, 0.25) is 0 Å². The van der Waals surface area contributed by atoms with Crippen LogP contribution in [0, 0.1) is 0 Å². The molecular weight excluding hydrogens is 242 g/mol. The number of hydrogen-bond acceptors (Lipinski definition) is 3. The Bertz CT molecular complexity index is 254. The molecule has 4 heteroatoms. The van der Waals surface area contributed by atoms with Gasteiger partial charge in [-0.15, -0.1) is 0 Å².